The molecule has 0 aliphatic carbocycles. The highest BCUT2D eigenvalue weighted by Gasteiger charge is 2.37. The third-order valence-corrected chi connectivity index (χ3v) is 6.64. The molecule has 34 heavy (non-hydrogen) atoms. The molecule has 3 aromatic heterocycles. The van der Waals surface area contributed by atoms with Crippen molar-refractivity contribution in [1.82, 2.24) is 19.5 Å². The molecule has 3 N–H and O–H groups in total. The van der Waals surface area contributed by atoms with E-state index in [-0.39, 0.29) is 0 Å². The van der Waals surface area contributed by atoms with Crippen LogP contribution in [0.4, 0.5) is 5.69 Å². The van der Waals surface area contributed by atoms with E-state index >= 15 is 0 Å². The first kappa shape index (κ1) is 22.6. The summed E-state index contributed by atoms with van der Waals surface area (Å²) in [5, 5.41) is 11.6. The molecule has 1 aliphatic heterocycles. The molecule has 0 saturated heterocycles. The summed E-state index contributed by atoms with van der Waals surface area (Å²) in [5.41, 5.74) is 11.2. The molecule has 4 aromatic rings. The van der Waals surface area contributed by atoms with Crippen LogP contribution in [-0.4, -0.2) is 37.9 Å². The normalized spacial score (nSPS) is 17.2. The standard InChI is InChI=1S/C25H22Cl2N6O/c1-32-14-29-13-22(32)25(28,15-6-8-16(26)9-7-15)21-10-18-17(19-4-3-5-23(27)31-19)11-24(34)33(2)20(18)12-30-21/h3-14,24,34H,28H2,1-2H3. The number of hydrogen-bond acceptors (Lipinski definition) is 6. The lowest BCUT2D eigenvalue weighted by Crippen LogP contribution is -2.42. The minimum absolute atomic E-state index is 0.367. The zero-order valence-electron chi connectivity index (χ0n) is 18.5. The lowest BCUT2D eigenvalue weighted by molar-refractivity contribution is 0.222. The van der Waals surface area contributed by atoms with Crippen molar-refractivity contribution < 1.29 is 5.11 Å². The largest absolute Gasteiger partial charge is 0.370 e. The van der Waals surface area contributed by atoms with Crippen molar-refractivity contribution in [3.63, 3.8) is 0 Å². The quantitative estimate of drug-likeness (QED) is 0.418. The molecule has 4 heterocycles. The highest BCUT2D eigenvalue weighted by molar-refractivity contribution is 6.30. The Labute approximate surface area is 207 Å². The van der Waals surface area contributed by atoms with Crippen LogP contribution in [-0.2, 0) is 12.6 Å². The highest BCUT2D eigenvalue weighted by atomic mass is 35.5. The molecule has 0 saturated carbocycles. The van der Waals surface area contributed by atoms with Crippen LogP contribution in [0, 0.1) is 0 Å². The first-order chi connectivity index (χ1) is 16.3. The number of benzene rings is 1. The van der Waals surface area contributed by atoms with Gasteiger partial charge in [-0.3, -0.25) is 4.98 Å². The van der Waals surface area contributed by atoms with Gasteiger partial charge in [-0.2, -0.15) is 0 Å². The molecule has 2 atom stereocenters. The van der Waals surface area contributed by atoms with Crippen molar-refractivity contribution in [3.8, 4) is 0 Å². The maximum Gasteiger partial charge on any atom is 0.147 e. The lowest BCUT2D eigenvalue weighted by atomic mass is 9.82. The molecule has 172 valence electrons. The third kappa shape index (κ3) is 3.67. The number of aliphatic hydroxyl groups excluding tert-OH is 1. The second-order valence-corrected chi connectivity index (χ2v) is 9.07. The van der Waals surface area contributed by atoms with Gasteiger partial charge in [0.15, 0.2) is 0 Å². The van der Waals surface area contributed by atoms with Crippen molar-refractivity contribution in [1.29, 1.82) is 0 Å². The number of likely N-dealkylation sites (N-methyl/N-ethyl adjacent to an activating group) is 1. The smallest absolute Gasteiger partial charge is 0.147 e. The summed E-state index contributed by atoms with van der Waals surface area (Å²) in [5.74, 6) is 0. The van der Waals surface area contributed by atoms with Crippen molar-refractivity contribution in [2.24, 2.45) is 12.8 Å². The first-order valence-corrected chi connectivity index (χ1v) is 11.3. The number of nitrogens with zero attached hydrogens (tertiary/aromatic N) is 5. The molecule has 1 aliphatic rings. The average molecular weight is 493 g/mol. The van der Waals surface area contributed by atoms with Crippen LogP contribution in [0.1, 0.15) is 28.2 Å². The number of anilines is 1. The van der Waals surface area contributed by atoms with Gasteiger partial charge in [-0.25, -0.2) is 9.97 Å². The van der Waals surface area contributed by atoms with Crippen LogP contribution < -0.4 is 10.6 Å². The number of aryl methyl sites for hydroxylation is 1. The summed E-state index contributed by atoms with van der Waals surface area (Å²) >= 11 is 12.3. The van der Waals surface area contributed by atoms with Gasteiger partial charge in [-0.1, -0.05) is 41.4 Å². The predicted molar refractivity (Wildman–Crippen MR) is 134 cm³/mol. The summed E-state index contributed by atoms with van der Waals surface area (Å²) < 4.78 is 1.88. The number of hydrogen-bond donors (Lipinski definition) is 2. The van der Waals surface area contributed by atoms with Crippen molar-refractivity contribution in [2.45, 2.75) is 11.8 Å². The Hall–Kier alpha value is -3.23. The van der Waals surface area contributed by atoms with Gasteiger partial charge in [0, 0.05) is 30.3 Å². The van der Waals surface area contributed by atoms with Crippen molar-refractivity contribution in [2.75, 3.05) is 11.9 Å². The molecule has 5 rings (SSSR count). The zero-order valence-corrected chi connectivity index (χ0v) is 20.0. The van der Waals surface area contributed by atoms with E-state index in [9.17, 15) is 5.11 Å². The highest BCUT2D eigenvalue weighted by Crippen LogP contribution is 2.40. The number of rotatable bonds is 4. The van der Waals surface area contributed by atoms with E-state index in [1.165, 1.54) is 0 Å². The van der Waals surface area contributed by atoms with E-state index in [4.69, 9.17) is 33.9 Å². The summed E-state index contributed by atoms with van der Waals surface area (Å²) in [6, 6.07) is 14.7. The number of pyridine rings is 2. The monoisotopic (exact) mass is 492 g/mol. The maximum atomic E-state index is 10.7. The Morgan fingerprint density at radius 1 is 1.06 bits per heavy atom. The van der Waals surface area contributed by atoms with E-state index in [2.05, 4.69) is 9.97 Å². The molecule has 0 fully saturated rings. The predicted octanol–water partition coefficient (Wildman–Crippen LogP) is 3.97. The Balaban J connectivity index is 1.75. The van der Waals surface area contributed by atoms with Gasteiger partial charge in [-0.15, -0.1) is 0 Å². The molecule has 0 radical (unpaired) electrons. The van der Waals surface area contributed by atoms with Gasteiger partial charge >= 0.3 is 0 Å². The van der Waals surface area contributed by atoms with Crippen LogP contribution in [0.3, 0.4) is 0 Å². The Bertz CT molecular complexity index is 1400. The molecular formula is C25H22Cl2N6O. The summed E-state index contributed by atoms with van der Waals surface area (Å²) in [6.07, 6.45) is 6.07. The van der Waals surface area contributed by atoms with Gasteiger partial charge in [0.05, 0.1) is 41.5 Å². The van der Waals surface area contributed by atoms with Crippen LogP contribution >= 0.6 is 23.2 Å². The fourth-order valence-corrected chi connectivity index (χ4v) is 4.60. The van der Waals surface area contributed by atoms with Crippen LogP contribution in [0.15, 0.2) is 73.3 Å². The molecule has 9 heteroatoms. The van der Waals surface area contributed by atoms with Gasteiger partial charge in [-0.05, 0) is 42.0 Å². The van der Waals surface area contributed by atoms with E-state index in [0.29, 0.717) is 21.6 Å². The SMILES string of the molecule is CN1c2cnc(C(N)(c3ccc(Cl)cc3)c3cncn3C)cc2C(c2cccc(Cl)n2)=CC1O. The average Bonchev–Trinajstić information content (AvgIpc) is 3.27. The first-order valence-electron chi connectivity index (χ1n) is 10.6. The second-order valence-electron chi connectivity index (χ2n) is 8.24. The Kier molecular flexibility index (Phi) is 5.65. The van der Waals surface area contributed by atoms with Gasteiger partial charge in [0.1, 0.15) is 16.9 Å². The fourth-order valence-electron chi connectivity index (χ4n) is 4.31. The van der Waals surface area contributed by atoms with E-state index in [0.717, 1.165) is 28.1 Å². The number of nitrogens with two attached hydrogens (primary N) is 1. The van der Waals surface area contributed by atoms with Gasteiger partial charge in [0.25, 0.3) is 0 Å². The molecule has 2 unspecified atom stereocenters. The van der Waals surface area contributed by atoms with Crippen LogP contribution in [0.2, 0.25) is 10.2 Å². The second kappa shape index (κ2) is 8.52. The fraction of sp³-hybridized carbons (Fsp3) is 0.160. The number of aliphatic hydroxyl groups is 1. The van der Waals surface area contributed by atoms with E-state index in [1.54, 1.807) is 54.9 Å². The summed E-state index contributed by atoms with van der Waals surface area (Å²) in [4.78, 5) is 15.3. The molecule has 7 nitrogen and oxygen atoms in total. The Morgan fingerprint density at radius 3 is 2.50 bits per heavy atom. The lowest BCUT2D eigenvalue weighted by Gasteiger charge is -2.34. The summed E-state index contributed by atoms with van der Waals surface area (Å²) in [6.45, 7) is 0. The van der Waals surface area contributed by atoms with Crippen LogP contribution in [0.25, 0.3) is 5.57 Å². The Morgan fingerprint density at radius 2 is 1.82 bits per heavy atom. The van der Waals surface area contributed by atoms with Crippen molar-refractivity contribution >= 4 is 34.5 Å². The molecule has 0 bridgehead atoms. The van der Waals surface area contributed by atoms with E-state index in [1.807, 2.05) is 41.9 Å². The zero-order chi connectivity index (χ0) is 24.0. The van der Waals surface area contributed by atoms with E-state index < -0.39 is 11.8 Å². The van der Waals surface area contributed by atoms with Crippen molar-refractivity contribution in [3.05, 3.63) is 112 Å². The summed E-state index contributed by atoms with van der Waals surface area (Å²) in [7, 11) is 3.70. The molecule has 0 amide bonds. The topological polar surface area (TPSA) is 93.1 Å². The third-order valence-electron chi connectivity index (χ3n) is 6.18. The molecule has 0 spiro atoms. The van der Waals surface area contributed by atoms with Gasteiger partial charge < -0.3 is 20.3 Å². The number of fused-ring (bicyclic) bond motifs is 1. The molecule has 1 aromatic carbocycles. The minimum Gasteiger partial charge on any atom is -0.370 e. The number of aromatic nitrogens is 4. The number of imidazole rings is 1. The number of halogens is 2. The van der Waals surface area contributed by atoms with Crippen LogP contribution in [0.5, 0.6) is 0 Å². The van der Waals surface area contributed by atoms with Gasteiger partial charge in [0.2, 0.25) is 0 Å². The minimum atomic E-state index is -1.12. The molecular weight excluding hydrogens is 471 g/mol. The maximum absolute atomic E-state index is 10.7.